The summed E-state index contributed by atoms with van der Waals surface area (Å²) in [4.78, 5) is 29.6. The van der Waals surface area contributed by atoms with Crippen LogP contribution < -0.4 is 10.6 Å². The van der Waals surface area contributed by atoms with Gasteiger partial charge in [-0.15, -0.1) is 11.3 Å². The summed E-state index contributed by atoms with van der Waals surface area (Å²) >= 11 is 1.84. The third kappa shape index (κ3) is 4.16. The van der Waals surface area contributed by atoms with Crippen LogP contribution in [-0.4, -0.2) is 35.8 Å². The van der Waals surface area contributed by atoms with Crippen molar-refractivity contribution < 1.29 is 9.59 Å². The van der Waals surface area contributed by atoms with Gasteiger partial charge in [-0.2, -0.15) is 0 Å². The summed E-state index contributed by atoms with van der Waals surface area (Å²) < 4.78 is 0. The van der Waals surface area contributed by atoms with Crippen molar-refractivity contribution in [3.8, 4) is 0 Å². The molecule has 0 unspecified atom stereocenters. The van der Waals surface area contributed by atoms with Gasteiger partial charge in [0.2, 0.25) is 5.91 Å². The van der Waals surface area contributed by atoms with Crippen LogP contribution in [0, 0.1) is 5.92 Å². The molecule has 1 aromatic heterocycles. The average molecular weight is 424 g/mol. The van der Waals surface area contributed by atoms with Crippen LogP contribution >= 0.6 is 11.3 Å². The maximum absolute atomic E-state index is 13.0. The zero-order valence-corrected chi connectivity index (χ0v) is 18.0. The van der Waals surface area contributed by atoms with E-state index in [9.17, 15) is 9.59 Å². The van der Waals surface area contributed by atoms with Crippen molar-refractivity contribution in [3.63, 3.8) is 0 Å². The molecule has 30 heavy (non-hydrogen) atoms. The molecule has 2 fully saturated rings. The zero-order valence-electron chi connectivity index (χ0n) is 17.2. The predicted octanol–water partition coefficient (Wildman–Crippen LogP) is 4.37. The molecule has 1 aliphatic heterocycles. The topological polar surface area (TPSA) is 61.4 Å². The number of nitrogens with zero attached hydrogens (tertiary/aromatic N) is 1. The van der Waals surface area contributed by atoms with E-state index < -0.39 is 0 Å². The third-order valence-electron chi connectivity index (χ3n) is 6.67. The van der Waals surface area contributed by atoms with Crippen molar-refractivity contribution in [2.75, 3.05) is 18.4 Å². The van der Waals surface area contributed by atoms with Crippen molar-refractivity contribution in [2.45, 2.75) is 57.0 Å². The normalized spacial score (nSPS) is 21.9. The number of amides is 2. The van der Waals surface area contributed by atoms with Crippen LogP contribution in [0.1, 0.15) is 65.4 Å². The van der Waals surface area contributed by atoms with Crippen molar-refractivity contribution >= 4 is 28.8 Å². The molecule has 2 amide bonds. The second-order valence-corrected chi connectivity index (χ2v) is 9.85. The van der Waals surface area contributed by atoms with Gasteiger partial charge in [0.1, 0.15) is 0 Å². The maximum atomic E-state index is 13.0. The van der Waals surface area contributed by atoms with Gasteiger partial charge in [-0.1, -0.05) is 25.0 Å². The number of benzene rings is 1. The highest BCUT2D eigenvalue weighted by Crippen LogP contribution is 2.48. The van der Waals surface area contributed by atoms with Crippen LogP contribution in [0.4, 0.5) is 5.69 Å². The summed E-state index contributed by atoms with van der Waals surface area (Å²) in [6, 6.07) is 10.2. The highest BCUT2D eigenvalue weighted by atomic mass is 32.1. The quantitative estimate of drug-likeness (QED) is 0.725. The van der Waals surface area contributed by atoms with Gasteiger partial charge in [-0.3, -0.25) is 14.5 Å². The number of hydrogen-bond donors (Lipinski definition) is 2. The molecule has 6 heteroatoms. The van der Waals surface area contributed by atoms with Crippen molar-refractivity contribution in [1.82, 2.24) is 10.2 Å². The minimum Gasteiger partial charge on any atom is -0.349 e. The molecule has 1 aromatic carbocycles. The summed E-state index contributed by atoms with van der Waals surface area (Å²) in [6.45, 7) is 1.29. The van der Waals surface area contributed by atoms with Crippen molar-refractivity contribution in [2.24, 2.45) is 5.92 Å². The average Bonchev–Trinajstić information content (AvgIpc) is 3.22. The summed E-state index contributed by atoms with van der Waals surface area (Å²) in [5.74, 6) is 0.547. The van der Waals surface area contributed by atoms with Gasteiger partial charge in [0.25, 0.3) is 5.91 Å². The lowest BCUT2D eigenvalue weighted by Gasteiger charge is -2.35. The molecule has 0 bridgehead atoms. The minimum absolute atomic E-state index is 0.0413. The van der Waals surface area contributed by atoms with Gasteiger partial charge < -0.3 is 10.6 Å². The van der Waals surface area contributed by atoms with E-state index in [1.54, 1.807) is 6.07 Å². The molecule has 5 rings (SSSR count). The summed E-state index contributed by atoms with van der Waals surface area (Å²) in [5.41, 5.74) is 2.59. The fourth-order valence-corrected chi connectivity index (χ4v) is 5.95. The molecular formula is C24H29N3O2S. The summed E-state index contributed by atoms with van der Waals surface area (Å²) in [5, 5.41) is 8.33. The Kier molecular flexibility index (Phi) is 5.61. The monoisotopic (exact) mass is 423 g/mol. The Labute approximate surface area is 181 Å². The Morgan fingerprint density at radius 3 is 2.67 bits per heavy atom. The Balaban J connectivity index is 1.26. The Bertz CT molecular complexity index is 930. The van der Waals surface area contributed by atoms with Crippen LogP contribution in [0.15, 0.2) is 35.7 Å². The molecular weight excluding hydrogens is 394 g/mol. The van der Waals surface area contributed by atoms with Gasteiger partial charge in [0.15, 0.2) is 0 Å². The molecule has 5 nitrogen and oxygen atoms in total. The largest absolute Gasteiger partial charge is 0.349 e. The van der Waals surface area contributed by atoms with Gasteiger partial charge >= 0.3 is 0 Å². The Morgan fingerprint density at radius 1 is 1.07 bits per heavy atom. The maximum Gasteiger partial charge on any atom is 0.253 e. The number of hydrogen-bond acceptors (Lipinski definition) is 4. The lowest BCUT2D eigenvalue weighted by atomic mass is 9.96. The third-order valence-corrected chi connectivity index (χ3v) is 7.67. The fourth-order valence-electron chi connectivity index (χ4n) is 5.04. The number of carbonyl (C=O) groups is 2. The van der Waals surface area contributed by atoms with Crippen molar-refractivity contribution in [3.05, 3.63) is 51.7 Å². The number of carbonyl (C=O) groups excluding carboxylic acids is 2. The van der Waals surface area contributed by atoms with Gasteiger partial charge in [0, 0.05) is 23.5 Å². The smallest absolute Gasteiger partial charge is 0.253 e. The van der Waals surface area contributed by atoms with Crippen LogP contribution in [-0.2, 0) is 11.2 Å². The fraction of sp³-hybridized carbons (Fsp3) is 0.500. The van der Waals surface area contributed by atoms with E-state index in [0.29, 0.717) is 29.8 Å². The predicted molar refractivity (Wildman–Crippen MR) is 120 cm³/mol. The second kappa shape index (κ2) is 8.52. The van der Waals surface area contributed by atoms with E-state index >= 15 is 0 Å². The summed E-state index contributed by atoms with van der Waals surface area (Å²) in [6.07, 6.45) is 7.96. The van der Waals surface area contributed by atoms with Crippen LogP contribution in [0.25, 0.3) is 0 Å². The van der Waals surface area contributed by atoms with E-state index in [1.165, 1.54) is 36.1 Å². The molecule has 2 heterocycles. The first-order chi connectivity index (χ1) is 14.7. The van der Waals surface area contributed by atoms with Crippen LogP contribution in [0.3, 0.4) is 0 Å². The van der Waals surface area contributed by atoms with Crippen molar-refractivity contribution in [1.29, 1.82) is 0 Å². The van der Waals surface area contributed by atoms with E-state index in [1.807, 2.05) is 29.5 Å². The van der Waals surface area contributed by atoms with Crippen LogP contribution in [0.5, 0.6) is 0 Å². The summed E-state index contributed by atoms with van der Waals surface area (Å²) in [7, 11) is 0. The molecule has 0 saturated heterocycles. The molecule has 158 valence electrons. The van der Waals surface area contributed by atoms with E-state index in [4.69, 9.17) is 0 Å². The van der Waals surface area contributed by atoms with Gasteiger partial charge in [-0.05, 0) is 67.2 Å². The Morgan fingerprint density at radius 2 is 1.87 bits per heavy atom. The SMILES string of the molecule is O=C(CN1CCc2sccc2[C@H]1C1CC1)Nc1ccccc1C(=O)NC1CCCC1. The first-order valence-corrected chi connectivity index (χ1v) is 12.1. The number of para-hydroxylation sites is 1. The first kappa shape index (κ1) is 19.8. The number of thiophene rings is 1. The van der Waals surface area contributed by atoms with Crippen LogP contribution in [0.2, 0.25) is 0 Å². The highest BCUT2D eigenvalue weighted by Gasteiger charge is 2.40. The Hall–Kier alpha value is -2.18. The standard InChI is InChI=1S/C24H29N3O2S/c28-22(15-27-13-11-21-19(12-14-30-21)23(27)16-9-10-16)26-20-8-4-3-7-18(20)24(29)25-17-5-1-2-6-17/h3-4,7-8,12,14,16-17,23H,1-2,5-6,9-11,13,15H2,(H,25,29)(H,26,28)/t23-/m1/s1. The molecule has 0 spiro atoms. The number of anilines is 1. The lowest BCUT2D eigenvalue weighted by molar-refractivity contribution is -0.118. The van der Waals surface area contributed by atoms with E-state index in [2.05, 4.69) is 27.0 Å². The van der Waals surface area contributed by atoms with Gasteiger partial charge in [-0.25, -0.2) is 0 Å². The number of nitrogens with one attached hydrogen (secondary N) is 2. The van der Waals surface area contributed by atoms with E-state index in [-0.39, 0.29) is 17.9 Å². The van der Waals surface area contributed by atoms with Gasteiger partial charge in [0.05, 0.1) is 17.8 Å². The molecule has 2 saturated carbocycles. The molecule has 0 radical (unpaired) electrons. The number of rotatable bonds is 6. The molecule has 2 aromatic rings. The lowest BCUT2D eigenvalue weighted by Crippen LogP contribution is -2.41. The molecule has 2 N–H and O–H groups in total. The zero-order chi connectivity index (χ0) is 20.5. The molecule has 3 aliphatic rings. The van der Waals surface area contributed by atoms with E-state index in [0.717, 1.165) is 25.8 Å². The highest BCUT2D eigenvalue weighted by molar-refractivity contribution is 7.10. The molecule has 1 atom stereocenters. The second-order valence-electron chi connectivity index (χ2n) is 8.85. The minimum atomic E-state index is -0.0884. The molecule has 2 aliphatic carbocycles. The first-order valence-electron chi connectivity index (χ1n) is 11.2. The number of fused-ring (bicyclic) bond motifs is 1.